The van der Waals surface area contributed by atoms with Gasteiger partial charge in [-0.15, -0.1) is 0 Å². The van der Waals surface area contributed by atoms with E-state index in [-0.39, 0.29) is 23.4 Å². The number of hydrazine groups is 1. The Labute approximate surface area is 167 Å². The fraction of sp³-hybridized carbons (Fsp3) is 0.412. The van der Waals surface area contributed by atoms with Gasteiger partial charge in [0.2, 0.25) is 0 Å². The molecule has 1 amide bonds. The summed E-state index contributed by atoms with van der Waals surface area (Å²) in [6, 6.07) is 0.0311. The van der Waals surface area contributed by atoms with Gasteiger partial charge in [-0.3, -0.25) is 9.48 Å². The number of anilines is 1. The number of nitrogens with two attached hydrogens (primary N) is 1. The van der Waals surface area contributed by atoms with Crippen molar-refractivity contribution >= 4 is 17.2 Å². The Morgan fingerprint density at radius 2 is 2.17 bits per heavy atom. The molecular formula is C17H18F4N8O. The Morgan fingerprint density at radius 3 is 2.87 bits per heavy atom. The summed E-state index contributed by atoms with van der Waals surface area (Å²) >= 11 is 0. The zero-order valence-electron chi connectivity index (χ0n) is 15.8. The second-order valence-electron chi connectivity index (χ2n) is 6.97. The average molecular weight is 426 g/mol. The molecule has 3 aromatic rings. The van der Waals surface area contributed by atoms with Crippen LogP contribution in [0.15, 0.2) is 30.9 Å². The first-order chi connectivity index (χ1) is 14.2. The minimum atomic E-state index is -3.13. The molecule has 0 aromatic carbocycles. The van der Waals surface area contributed by atoms with Crippen LogP contribution in [0, 0.1) is 0 Å². The van der Waals surface area contributed by atoms with Crippen LogP contribution in [0.5, 0.6) is 0 Å². The van der Waals surface area contributed by atoms with E-state index in [9.17, 15) is 22.4 Å². The number of amides is 1. The number of carbonyl (C=O) groups excluding carboxylic acids is 1. The van der Waals surface area contributed by atoms with Gasteiger partial charge >= 0.3 is 0 Å². The number of alkyl halides is 4. The van der Waals surface area contributed by atoms with Crippen molar-refractivity contribution in [3.63, 3.8) is 0 Å². The third-order valence-corrected chi connectivity index (χ3v) is 4.91. The number of halogens is 4. The molecule has 4 rings (SSSR count). The van der Waals surface area contributed by atoms with Gasteiger partial charge in [-0.25, -0.2) is 37.1 Å². The Bertz CT molecular complexity index is 1080. The van der Waals surface area contributed by atoms with Gasteiger partial charge in [-0.1, -0.05) is 0 Å². The molecule has 13 heteroatoms. The lowest BCUT2D eigenvalue weighted by Crippen LogP contribution is -2.61. The fourth-order valence-corrected chi connectivity index (χ4v) is 3.39. The van der Waals surface area contributed by atoms with Crippen molar-refractivity contribution in [1.29, 1.82) is 0 Å². The van der Waals surface area contributed by atoms with Crippen molar-refractivity contribution in [3.05, 3.63) is 42.1 Å². The van der Waals surface area contributed by atoms with Crippen LogP contribution < -0.4 is 10.7 Å². The van der Waals surface area contributed by atoms with E-state index < -0.39 is 43.0 Å². The Balaban J connectivity index is 1.81. The molecule has 3 aromatic heterocycles. The number of rotatable bonds is 4. The SMILES string of the molecule is Cn1cc(N(C(=O)c2cnn3cccnc23)N2CCC(F)(F)[C@@H](N)C2)c(C(F)F)n1. The summed E-state index contributed by atoms with van der Waals surface area (Å²) in [5.74, 6) is -3.88. The second-order valence-corrected chi connectivity index (χ2v) is 6.97. The van der Waals surface area contributed by atoms with E-state index in [1.807, 2.05) is 0 Å². The molecule has 0 bridgehead atoms. The molecule has 1 fully saturated rings. The lowest BCUT2D eigenvalue weighted by Gasteiger charge is -2.41. The summed E-state index contributed by atoms with van der Waals surface area (Å²) in [5, 5.41) is 9.93. The number of carbonyl (C=O) groups is 1. The topological polar surface area (TPSA) is 97.6 Å². The number of fused-ring (bicyclic) bond motifs is 1. The highest BCUT2D eigenvalue weighted by Crippen LogP contribution is 2.34. The van der Waals surface area contributed by atoms with Crippen LogP contribution in [-0.2, 0) is 7.05 Å². The molecule has 0 saturated carbocycles. The molecule has 30 heavy (non-hydrogen) atoms. The summed E-state index contributed by atoms with van der Waals surface area (Å²) < 4.78 is 57.6. The lowest BCUT2D eigenvalue weighted by molar-refractivity contribution is -0.0733. The average Bonchev–Trinajstić information content (AvgIpc) is 3.29. The Kier molecular flexibility index (Phi) is 4.94. The first-order valence-electron chi connectivity index (χ1n) is 9.02. The third-order valence-electron chi connectivity index (χ3n) is 4.91. The third kappa shape index (κ3) is 3.39. The van der Waals surface area contributed by atoms with Crippen LogP contribution in [0.2, 0.25) is 0 Å². The smallest absolute Gasteiger partial charge is 0.284 e. The van der Waals surface area contributed by atoms with Gasteiger partial charge in [0.1, 0.15) is 11.3 Å². The summed E-state index contributed by atoms with van der Waals surface area (Å²) in [4.78, 5) is 17.6. The monoisotopic (exact) mass is 426 g/mol. The second kappa shape index (κ2) is 7.32. The molecule has 1 saturated heterocycles. The maximum absolute atomic E-state index is 13.9. The largest absolute Gasteiger partial charge is 0.322 e. The predicted octanol–water partition coefficient (Wildman–Crippen LogP) is 1.63. The van der Waals surface area contributed by atoms with E-state index in [1.165, 1.54) is 35.2 Å². The quantitative estimate of drug-likeness (QED) is 0.637. The summed E-state index contributed by atoms with van der Waals surface area (Å²) in [6.07, 6.45) is 1.87. The standard InChI is InChI=1S/C17H18F4N8O/c1-26-8-11(13(25-26)14(18)19)29(27-6-3-17(20,21)12(22)9-27)16(30)10-7-24-28-5-2-4-23-15(10)28/h2,4-5,7-8,12,14H,3,6,9,22H2,1H3/t12-/m0/s1. The van der Waals surface area contributed by atoms with Crippen molar-refractivity contribution in [1.82, 2.24) is 29.4 Å². The number of piperidine rings is 1. The van der Waals surface area contributed by atoms with Crippen molar-refractivity contribution in [2.45, 2.75) is 24.8 Å². The number of nitrogens with zero attached hydrogens (tertiary/aromatic N) is 7. The molecule has 1 atom stereocenters. The van der Waals surface area contributed by atoms with Gasteiger partial charge in [0.05, 0.1) is 18.4 Å². The molecule has 1 aliphatic heterocycles. The van der Waals surface area contributed by atoms with Gasteiger partial charge < -0.3 is 5.73 Å². The Hall–Kier alpha value is -3.06. The van der Waals surface area contributed by atoms with Gasteiger partial charge in [-0.2, -0.15) is 10.2 Å². The predicted molar refractivity (Wildman–Crippen MR) is 97.1 cm³/mol. The molecule has 2 N–H and O–H groups in total. The molecule has 0 aliphatic carbocycles. The van der Waals surface area contributed by atoms with E-state index in [0.717, 1.165) is 9.69 Å². The Morgan fingerprint density at radius 1 is 1.40 bits per heavy atom. The minimum absolute atomic E-state index is 0.0191. The van der Waals surface area contributed by atoms with Crippen LogP contribution in [-0.4, -0.2) is 60.3 Å². The normalized spacial score (nSPS) is 19.5. The molecule has 0 radical (unpaired) electrons. The lowest BCUT2D eigenvalue weighted by atomic mass is 10.0. The van der Waals surface area contributed by atoms with Crippen LogP contribution in [0.25, 0.3) is 5.65 Å². The van der Waals surface area contributed by atoms with Crippen LogP contribution in [0.4, 0.5) is 23.2 Å². The number of aryl methyl sites for hydroxylation is 1. The van der Waals surface area contributed by atoms with Gasteiger partial charge in [0.25, 0.3) is 18.3 Å². The molecule has 0 spiro atoms. The van der Waals surface area contributed by atoms with Crippen LogP contribution >= 0.6 is 0 Å². The van der Waals surface area contributed by atoms with Gasteiger partial charge in [0, 0.05) is 39.0 Å². The number of hydrogen-bond acceptors (Lipinski definition) is 6. The van der Waals surface area contributed by atoms with Crippen LogP contribution in [0.3, 0.4) is 0 Å². The molecular weight excluding hydrogens is 408 g/mol. The fourth-order valence-electron chi connectivity index (χ4n) is 3.39. The highest BCUT2D eigenvalue weighted by Gasteiger charge is 2.45. The van der Waals surface area contributed by atoms with Gasteiger partial charge in [-0.05, 0) is 6.07 Å². The molecule has 0 unspecified atom stereocenters. The summed E-state index contributed by atoms with van der Waals surface area (Å²) in [7, 11) is 1.42. The molecule has 4 heterocycles. The van der Waals surface area contributed by atoms with Crippen LogP contribution in [0.1, 0.15) is 28.9 Å². The highest BCUT2D eigenvalue weighted by molar-refractivity contribution is 6.09. The van der Waals surface area contributed by atoms with E-state index in [2.05, 4.69) is 15.2 Å². The maximum Gasteiger partial charge on any atom is 0.284 e. The first kappa shape index (κ1) is 20.2. The van der Waals surface area contributed by atoms with E-state index in [4.69, 9.17) is 5.73 Å². The van der Waals surface area contributed by atoms with Crippen molar-refractivity contribution in [2.24, 2.45) is 12.8 Å². The minimum Gasteiger partial charge on any atom is -0.322 e. The molecule has 1 aliphatic rings. The van der Waals surface area contributed by atoms with Crippen molar-refractivity contribution in [3.8, 4) is 0 Å². The molecule has 160 valence electrons. The molecule has 9 nitrogen and oxygen atoms in total. The highest BCUT2D eigenvalue weighted by atomic mass is 19.3. The van der Waals surface area contributed by atoms with Crippen molar-refractivity contribution < 1.29 is 22.4 Å². The number of aromatic nitrogens is 5. The van der Waals surface area contributed by atoms with Gasteiger partial charge in [0.15, 0.2) is 11.3 Å². The number of hydrogen-bond donors (Lipinski definition) is 1. The zero-order valence-corrected chi connectivity index (χ0v) is 15.8. The summed E-state index contributed by atoms with van der Waals surface area (Å²) in [6.45, 7) is -0.681. The van der Waals surface area contributed by atoms with Crippen molar-refractivity contribution in [2.75, 3.05) is 18.1 Å². The van der Waals surface area contributed by atoms with E-state index in [0.29, 0.717) is 0 Å². The first-order valence-corrected chi connectivity index (χ1v) is 9.02. The van der Waals surface area contributed by atoms with E-state index >= 15 is 0 Å². The maximum atomic E-state index is 13.9. The summed E-state index contributed by atoms with van der Waals surface area (Å²) in [5.41, 5.74) is 4.95. The van der Waals surface area contributed by atoms with E-state index in [1.54, 1.807) is 12.3 Å². The zero-order chi connectivity index (χ0) is 21.6.